The van der Waals surface area contributed by atoms with Gasteiger partial charge in [0.05, 0.1) is 26.4 Å². The van der Waals surface area contributed by atoms with E-state index in [2.05, 4.69) is 34.6 Å². The Morgan fingerprint density at radius 1 is 0.278 bits per heavy atom. The number of rotatable bonds is 78. The van der Waals surface area contributed by atoms with Gasteiger partial charge in [0.15, 0.2) is 12.2 Å². The third-order valence-electron chi connectivity index (χ3n) is 18.3. The number of esters is 4. The minimum Gasteiger partial charge on any atom is -0.462 e. The number of hydrogen-bond acceptors (Lipinski definition) is 15. The van der Waals surface area contributed by atoms with E-state index in [1.54, 1.807) is 0 Å². The van der Waals surface area contributed by atoms with E-state index < -0.39 is 97.5 Å². The van der Waals surface area contributed by atoms with Crippen molar-refractivity contribution in [3.63, 3.8) is 0 Å². The summed E-state index contributed by atoms with van der Waals surface area (Å²) >= 11 is 0. The van der Waals surface area contributed by atoms with Gasteiger partial charge in [-0.1, -0.05) is 362 Å². The summed E-state index contributed by atoms with van der Waals surface area (Å²) < 4.78 is 68.3. The second-order valence-corrected chi connectivity index (χ2v) is 31.5. The van der Waals surface area contributed by atoms with E-state index >= 15 is 0 Å². The first-order valence-electron chi connectivity index (χ1n) is 40.6. The molecule has 19 heteroatoms. The van der Waals surface area contributed by atoms with Crippen LogP contribution in [0.2, 0.25) is 0 Å². The van der Waals surface area contributed by atoms with E-state index in [-0.39, 0.29) is 25.7 Å². The highest BCUT2D eigenvalue weighted by Crippen LogP contribution is 2.45. The largest absolute Gasteiger partial charge is 0.472 e. The Labute approximate surface area is 594 Å². The van der Waals surface area contributed by atoms with Crippen molar-refractivity contribution in [2.24, 2.45) is 5.92 Å². The maximum absolute atomic E-state index is 13.1. The maximum atomic E-state index is 13.1. The van der Waals surface area contributed by atoms with Gasteiger partial charge in [-0.2, -0.15) is 0 Å². The molecule has 0 fully saturated rings. The van der Waals surface area contributed by atoms with Crippen molar-refractivity contribution in [2.75, 3.05) is 39.6 Å². The number of phosphoric ester groups is 2. The fourth-order valence-corrected chi connectivity index (χ4v) is 13.6. The van der Waals surface area contributed by atoms with Gasteiger partial charge in [0.2, 0.25) is 0 Å². The van der Waals surface area contributed by atoms with Gasteiger partial charge in [-0.15, -0.1) is 0 Å². The Morgan fingerprint density at radius 2 is 0.474 bits per heavy atom. The van der Waals surface area contributed by atoms with Gasteiger partial charge in [0, 0.05) is 25.7 Å². The van der Waals surface area contributed by atoms with Crippen LogP contribution < -0.4 is 0 Å². The van der Waals surface area contributed by atoms with Crippen molar-refractivity contribution in [2.45, 2.75) is 432 Å². The topological polar surface area (TPSA) is 237 Å². The smallest absolute Gasteiger partial charge is 0.462 e. The molecule has 0 saturated carbocycles. The molecule has 0 aliphatic rings. The molecule has 0 bridgehead atoms. The Kier molecular flexibility index (Phi) is 69.6. The Morgan fingerprint density at radius 3 is 0.701 bits per heavy atom. The molecule has 0 heterocycles. The number of aliphatic hydroxyl groups is 1. The molecule has 0 amide bonds. The molecule has 2 unspecified atom stereocenters. The third kappa shape index (κ3) is 72.2. The fourth-order valence-electron chi connectivity index (χ4n) is 12.1. The van der Waals surface area contributed by atoms with Gasteiger partial charge >= 0.3 is 39.5 Å². The van der Waals surface area contributed by atoms with Gasteiger partial charge in [0.25, 0.3) is 0 Å². The van der Waals surface area contributed by atoms with Crippen LogP contribution in [0.25, 0.3) is 0 Å². The van der Waals surface area contributed by atoms with Crippen LogP contribution >= 0.6 is 15.6 Å². The van der Waals surface area contributed by atoms with Crippen molar-refractivity contribution in [1.29, 1.82) is 0 Å². The van der Waals surface area contributed by atoms with E-state index in [4.69, 9.17) is 37.0 Å². The van der Waals surface area contributed by atoms with E-state index in [1.165, 1.54) is 231 Å². The van der Waals surface area contributed by atoms with Crippen LogP contribution in [0.4, 0.5) is 0 Å². The van der Waals surface area contributed by atoms with Crippen LogP contribution in [0.1, 0.15) is 413 Å². The van der Waals surface area contributed by atoms with Gasteiger partial charge < -0.3 is 33.8 Å². The van der Waals surface area contributed by atoms with Crippen molar-refractivity contribution < 1.29 is 80.2 Å². The molecule has 17 nitrogen and oxygen atoms in total. The van der Waals surface area contributed by atoms with Crippen LogP contribution in [0.15, 0.2) is 0 Å². The van der Waals surface area contributed by atoms with Crippen LogP contribution in [-0.2, 0) is 65.4 Å². The zero-order valence-corrected chi connectivity index (χ0v) is 65.0. The summed E-state index contributed by atoms with van der Waals surface area (Å²) in [6, 6.07) is 0. The first-order valence-corrected chi connectivity index (χ1v) is 43.6. The number of aliphatic hydroxyl groups excluding tert-OH is 1. The summed E-state index contributed by atoms with van der Waals surface area (Å²) in [5, 5.41) is 10.6. The van der Waals surface area contributed by atoms with Gasteiger partial charge in [-0.25, -0.2) is 9.13 Å². The number of phosphoric acid groups is 2. The molecular formula is C78H152O17P2. The molecule has 0 saturated heterocycles. The van der Waals surface area contributed by atoms with Crippen LogP contribution in [0.5, 0.6) is 0 Å². The van der Waals surface area contributed by atoms with Crippen LogP contribution in [-0.4, -0.2) is 96.7 Å². The van der Waals surface area contributed by atoms with E-state index in [9.17, 15) is 43.2 Å². The molecule has 0 aliphatic carbocycles. The van der Waals surface area contributed by atoms with E-state index in [1.807, 2.05) is 0 Å². The highest BCUT2D eigenvalue weighted by Gasteiger charge is 2.30. The summed E-state index contributed by atoms with van der Waals surface area (Å²) in [5.41, 5.74) is 0. The summed E-state index contributed by atoms with van der Waals surface area (Å²) in [5.74, 6) is -1.31. The monoisotopic (exact) mass is 1420 g/mol. The SMILES string of the molecule is CCCCCCCCCCCCCCCCCCCCCCCC(=O)O[C@H](COC(=O)CCCCCCCCCCCCCCCCCCC(C)C)COP(=O)(O)OC[C@@H](O)COP(=O)(O)OC[C@@H](COC(=O)CCCCCCC)OC(=O)CCCCCCCCCCCCCC. The lowest BCUT2D eigenvalue weighted by Gasteiger charge is -2.21. The van der Waals surface area contributed by atoms with Crippen molar-refractivity contribution in [1.82, 2.24) is 0 Å². The molecule has 97 heavy (non-hydrogen) atoms. The molecular weight excluding hydrogens is 1270 g/mol. The second kappa shape index (κ2) is 71.1. The highest BCUT2D eigenvalue weighted by atomic mass is 31.2. The van der Waals surface area contributed by atoms with Crippen molar-refractivity contribution in [3.05, 3.63) is 0 Å². The molecule has 3 N–H and O–H groups in total. The highest BCUT2D eigenvalue weighted by molar-refractivity contribution is 7.47. The number of carbonyl (C=O) groups excluding carboxylic acids is 4. The van der Waals surface area contributed by atoms with Crippen molar-refractivity contribution in [3.8, 4) is 0 Å². The lowest BCUT2D eigenvalue weighted by atomic mass is 10.0. The Balaban J connectivity index is 5.11. The quantitative estimate of drug-likeness (QED) is 0.0222. The van der Waals surface area contributed by atoms with E-state index in [0.717, 1.165) is 102 Å². The number of carbonyl (C=O) groups is 4. The zero-order chi connectivity index (χ0) is 71.2. The van der Waals surface area contributed by atoms with Crippen molar-refractivity contribution >= 4 is 39.5 Å². The predicted molar refractivity (Wildman–Crippen MR) is 395 cm³/mol. The van der Waals surface area contributed by atoms with E-state index in [0.29, 0.717) is 25.7 Å². The first kappa shape index (κ1) is 95.1. The fraction of sp³-hybridized carbons (Fsp3) is 0.949. The number of ether oxygens (including phenoxy) is 4. The minimum absolute atomic E-state index is 0.107. The lowest BCUT2D eigenvalue weighted by Crippen LogP contribution is -2.30. The standard InChI is InChI=1S/C78H152O17P2/c1-6-9-12-15-17-19-21-23-24-25-26-27-28-29-34-37-41-45-49-54-59-64-78(83)95-74(68-89-76(81)62-57-52-47-43-40-36-33-31-30-32-35-38-42-46-51-55-60-71(4)5)70-93-97(86,87)91-66-72(79)65-90-96(84,85)92-69-73(67-88-75(80)61-56-50-14-11-8-3)94-77(82)63-58-53-48-44-39-22-20-18-16-13-10-7-2/h71-74,79H,6-70H2,1-5H3,(H,84,85)(H,86,87)/t72-,73+,74+/m0/s1. The molecule has 0 aromatic rings. The summed E-state index contributed by atoms with van der Waals surface area (Å²) in [6.45, 7) is 7.24. The molecule has 576 valence electrons. The maximum Gasteiger partial charge on any atom is 0.472 e. The minimum atomic E-state index is -4.96. The predicted octanol–water partition coefficient (Wildman–Crippen LogP) is 23.3. The van der Waals surface area contributed by atoms with Gasteiger partial charge in [-0.3, -0.25) is 37.3 Å². The van der Waals surface area contributed by atoms with Gasteiger partial charge in [-0.05, 0) is 31.6 Å². The first-order chi connectivity index (χ1) is 47.0. The molecule has 5 atom stereocenters. The molecule has 0 aromatic heterocycles. The zero-order valence-electron chi connectivity index (χ0n) is 63.2. The number of hydrogen-bond donors (Lipinski definition) is 3. The average Bonchev–Trinajstić information content (AvgIpc) is 1.79. The summed E-state index contributed by atoms with van der Waals surface area (Å²) in [4.78, 5) is 72.6. The third-order valence-corrected chi connectivity index (χ3v) is 20.2. The normalized spacial score (nSPS) is 13.9. The molecule has 0 rings (SSSR count). The average molecular weight is 1420 g/mol. The Hall–Kier alpha value is -1.94. The molecule has 0 aliphatic heterocycles. The van der Waals surface area contributed by atoms with Crippen LogP contribution in [0, 0.1) is 5.92 Å². The number of unbranched alkanes of at least 4 members (excludes halogenated alkanes) is 50. The molecule has 0 spiro atoms. The second-order valence-electron chi connectivity index (χ2n) is 28.6. The van der Waals surface area contributed by atoms with Crippen LogP contribution in [0.3, 0.4) is 0 Å². The summed E-state index contributed by atoms with van der Waals surface area (Å²) in [6.07, 6.45) is 61.6. The lowest BCUT2D eigenvalue weighted by molar-refractivity contribution is -0.161. The summed E-state index contributed by atoms with van der Waals surface area (Å²) in [7, 11) is -9.90. The Bertz CT molecular complexity index is 1860. The molecule has 0 radical (unpaired) electrons. The van der Waals surface area contributed by atoms with Gasteiger partial charge in [0.1, 0.15) is 19.3 Å². The molecule has 0 aromatic carbocycles.